The van der Waals surface area contributed by atoms with Crippen LogP contribution >= 0.6 is 11.5 Å². The van der Waals surface area contributed by atoms with E-state index in [4.69, 9.17) is 9.72 Å². The maximum absolute atomic E-state index is 13.0. The first-order valence-corrected chi connectivity index (χ1v) is 12.5. The van der Waals surface area contributed by atoms with Gasteiger partial charge in [-0.25, -0.2) is 14.8 Å². The Labute approximate surface area is 206 Å². The summed E-state index contributed by atoms with van der Waals surface area (Å²) in [7, 11) is 0. The van der Waals surface area contributed by atoms with Crippen molar-refractivity contribution in [2.24, 2.45) is 5.92 Å². The lowest BCUT2D eigenvalue weighted by Gasteiger charge is -2.39. The zero-order valence-electron chi connectivity index (χ0n) is 20.3. The molecule has 0 unspecified atom stereocenters. The summed E-state index contributed by atoms with van der Waals surface area (Å²) in [4.78, 5) is 48.5. The van der Waals surface area contributed by atoms with Gasteiger partial charge in [-0.05, 0) is 31.9 Å². The third-order valence-electron chi connectivity index (χ3n) is 6.10. The highest BCUT2D eigenvalue weighted by atomic mass is 32.1. The quantitative estimate of drug-likeness (QED) is 0.418. The van der Waals surface area contributed by atoms with Gasteiger partial charge in [-0.2, -0.15) is 4.37 Å². The van der Waals surface area contributed by atoms with Crippen LogP contribution < -0.4 is 10.3 Å². The Hall–Kier alpha value is -3.18. The number of aromatic nitrogens is 4. The Kier molecular flexibility index (Phi) is 7.27. The van der Waals surface area contributed by atoms with Gasteiger partial charge in [0.2, 0.25) is 10.6 Å². The van der Waals surface area contributed by atoms with E-state index in [9.17, 15) is 19.5 Å². The van der Waals surface area contributed by atoms with Gasteiger partial charge < -0.3 is 14.7 Å². The standard InChI is InChI=1S/C24H29N5O5S/c1-5-34-8-6-7-17(30)15-10-28(11-15)18-9-14(4)19-20(31)16(23(32)33)12-29(22(19)25-18)24-26-21(13(2)3)27-35-24/h9,12-13,15H,5-8,10-11H2,1-4H3,(H,32,33). The molecule has 1 saturated heterocycles. The zero-order chi connectivity index (χ0) is 25.3. The van der Waals surface area contributed by atoms with Gasteiger partial charge in [0.1, 0.15) is 23.0 Å². The average Bonchev–Trinajstić information content (AvgIpc) is 3.26. The fourth-order valence-corrected chi connectivity index (χ4v) is 4.85. The molecule has 1 N–H and O–H groups in total. The van der Waals surface area contributed by atoms with Crippen molar-refractivity contribution >= 4 is 40.1 Å². The summed E-state index contributed by atoms with van der Waals surface area (Å²) in [5.74, 6) is 0.225. The molecule has 0 atom stereocenters. The SMILES string of the molecule is CCOCCCC(=O)C1CN(c2cc(C)c3c(=O)c(C(=O)O)cn(-c4nc(C(C)C)ns4)c3n2)C1. The first-order valence-electron chi connectivity index (χ1n) is 11.7. The first-order chi connectivity index (χ1) is 16.7. The van der Waals surface area contributed by atoms with Crippen molar-refractivity contribution in [3.8, 4) is 5.13 Å². The van der Waals surface area contributed by atoms with Gasteiger partial charge >= 0.3 is 5.97 Å². The fourth-order valence-electron chi connectivity index (χ4n) is 4.06. The number of rotatable bonds is 10. The van der Waals surface area contributed by atoms with Crippen molar-refractivity contribution in [3.63, 3.8) is 0 Å². The van der Waals surface area contributed by atoms with Crippen molar-refractivity contribution in [1.82, 2.24) is 18.9 Å². The van der Waals surface area contributed by atoms with Gasteiger partial charge in [0.25, 0.3) is 0 Å². The Morgan fingerprint density at radius 1 is 1.29 bits per heavy atom. The van der Waals surface area contributed by atoms with Crippen LogP contribution in [0.25, 0.3) is 16.2 Å². The predicted octanol–water partition coefficient (Wildman–Crippen LogP) is 3.19. The molecule has 0 saturated carbocycles. The molecule has 1 aliphatic heterocycles. The highest BCUT2D eigenvalue weighted by Gasteiger charge is 2.33. The Morgan fingerprint density at radius 2 is 2.03 bits per heavy atom. The Morgan fingerprint density at radius 3 is 2.66 bits per heavy atom. The second kappa shape index (κ2) is 10.2. The van der Waals surface area contributed by atoms with Gasteiger partial charge in [-0.1, -0.05) is 13.8 Å². The molecule has 3 aromatic rings. The van der Waals surface area contributed by atoms with Crippen LogP contribution in [0.15, 0.2) is 17.1 Å². The molecule has 4 rings (SSSR count). The Bertz CT molecular complexity index is 1330. The lowest BCUT2D eigenvalue weighted by molar-refractivity contribution is -0.123. The minimum atomic E-state index is -1.31. The number of carbonyl (C=O) groups excluding carboxylic acids is 1. The van der Waals surface area contributed by atoms with E-state index in [0.717, 1.165) is 18.0 Å². The molecule has 0 amide bonds. The van der Waals surface area contributed by atoms with Gasteiger partial charge in [0, 0.05) is 56.4 Å². The molecule has 4 heterocycles. The lowest BCUT2D eigenvalue weighted by Crippen LogP contribution is -2.51. The topological polar surface area (TPSA) is 128 Å². The second-order valence-electron chi connectivity index (χ2n) is 9.00. The maximum atomic E-state index is 13.0. The van der Waals surface area contributed by atoms with E-state index in [1.54, 1.807) is 13.0 Å². The molecule has 35 heavy (non-hydrogen) atoms. The smallest absolute Gasteiger partial charge is 0.341 e. The van der Waals surface area contributed by atoms with Crippen LogP contribution in [-0.4, -0.2) is 62.1 Å². The third-order valence-corrected chi connectivity index (χ3v) is 6.83. The van der Waals surface area contributed by atoms with E-state index < -0.39 is 11.4 Å². The first kappa shape index (κ1) is 24.9. The van der Waals surface area contributed by atoms with Crippen LogP contribution in [-0.2, 0) is 9.53 Å². The number of carboxylic acid groups (broad SMARTS) is 1. The monoisotopic (exact) mass is 499 g/mol. The number of fused-ring (bicyclic) bond motifs is 1. The van der Waals surface area contributed by atoms with Crippen molar-refractivity contribution in [1.29, 1.82) is 0 Å². The van der Waals surface area contributed by atoms with Crippen molar-refractivity contribution in [2.75, 3.05) is 31.2 Å². The van der Waals surface area contributed by atoms with Gasteiger partial charge in [0.05, 0.1) is 11.3 Å². The summed E-state index contributed by atoms with van der Waals surface area (Å²) in [6.45, 7) is 9.98. The molecule has 186 valence electrons. The van der Waals surface area contributed by atoms with Crippen LogP contribution in [0.1, 0.15) is 61.3 Å². The predicted molar refractivity (Wildman–Crippen MR) is 133 cm³/mol. The van der Waals surface area contributed by atoms with Gasteiger partial charge in [-0.3, -0.25) is 14.2 Å². The highest BCUT2D eigenvalue weighted by Crippen LogP contribution is 2.29. The zero-order valence-corrected chi connectivity index (χ0v) is 21.1. The molecule has 10 nitrogen and oxygen atoms in total. The summed E-state index contributed by atoms with van der Waals surface area (Å²) < 4.78 is 11.2. The number of Topliss-reactive ketones (excluding diaryl/α,β-unsaturated/α-hetero) is 1. The van der Waals surface area contributed by atoms with Gasteiger partial charge in [-0.15, -0.1) is 0 Å². The minimum absolute atomic E-state index is 0.0530. The molecule has 1 aliphatic rings. The molecule has 0 spiro atoms. The van der Waals surface area contributed by atoms with E-state index >= 15 is 0 Å². The number of aromatic carboxylic acids is 1. The third kappa shape index (κ3) is 4.96. The summed E-state index contributed by atoms with van der Waals surface area (Å²) in [5, 5.41) is 10.3. The van der Waals surface area contributed by atoms with Crippen molar-refractivity contribution in [3.05, 3.63) is 39.4 Å². The number of aryl methyl sites for hydroxylation is 1. The normalized spacial score (nSPS) is 14.0. The molecular formula is C24H29N5O5S. The van der Waals surface area contributed by atoms with Crippen LogP contribution in [0.5, 0.6) is 0 Å². The maximum Gasteiger partial charge on any atom is 0.341 e. The largest absolute Gasteiger partial charge is 0.477 e. The molecule has 11 heteroatoms. The number of ketones is 1. The Balaban J connectivity index is 1.68. The molecule has 0 bridgehead atoms. The van der Waals surface area contributed by atoms with Gasteiger partial charge in [0.15, 0.2) is 5.65 Å². The number of hydrogen-bond acceptors (Lipinski definition) is 9. The molecule has 1 fully saturated rings. The minimum Gasteiger partial charge on any atom is -0.477 e. The molecule has 3 aromatic heterocycles. The van der Waals surface area contributed by atoms with Crippen LogP contribution in [0.3, 0.4) is 0 Å². The van der Waals surface area contributed by atoms with E-state index in [0.29, 0.717) is 60.7 Å². The lowest BCUT2D eigenvalue weighted by atomic mass is 9.92. The average molecular weight is 500 g/mol. The summed E-state index contributed by atoms with van der Waals surface area (Å²) in [6.07, 6.45) is 2.49. The number of nitrogens with zero attached hydrogens (tertiary/aromatic N) is 5. The number of pyridine rings is 2. The number of carbonyl (C=O) groups is 2. The fraction of sp³-hybridized carbons (Fsp3) is 0.500. The van der Waals surface area contributed by atoms with E-state index in [1.165, 1.54) is 10.8 Å². The van der Waals surface area contributed by atoms with E-state index in [2.05, 4.69) is 9.36 Å². The van der Waals surface area contributed by atoms with E-state index in [-0.39, 0.29) is 28.6 Å². The number of carboxylic acids is 1. The summed E-state index contributed by atoms with van der Waals surface area (Å²) >= 11 is 1.13. The van der Waals surface area contributed by atoms with Crippen LogP contribution in [0.2, 0.25) is 0 Å². The molecule has 0 radical (unpaired) electrons. The number of anilines is 1. The summed E-state index contributed by atoms with van der Waals surface area (Å²) in [6, 6.07) is 1.77. The second-order valence-corrected chi connectivity index (χ2v) is 9.73. The number of hydrogen-bond donors (Lipinski definition) is 1. The molecular weight excluding hydrogens is 470 g/mol. The summed E-state index contributed by atoms with van der Waals surface area (Å²) in [5.41, 5.74) is 0.0119. The van der Waals surface area contributed by atoms with Crippen molar-refractivity contribution in [2.45, 2.75) is 46.5 Å². The van der Waals surface area contributed by atoms with Crippen LogP contribution in [0, 0.1) is 12.8 Å². The van der Waals surface area contributed by atoms with Crippen LogP contribution in [0.4, 0.5) is 5.82 Å². The number of ether oxygens (including phenoxy) is 1. The highest BCUT2D eigenvalue weighted by molar-refractivity contribution is 7.08. The molecule has 0 aliphatic carbocycles. The molecule has 0 aromatic carbocycles. The van der Waals surface area contributed by atoms with E-state index in [1.807, 2.05) is 25.7 Å². The van der Waals surface area contributed by atoms with Crippen molar-refractivity contribution < 1.29 is 19.4 Å².